The van der Waals surface area contributed by atoms with Gasteiger partial charge in [-0.25, -0.2) is 19.1 Å². The lowest BCUT2D eigenvalue weighted by atomic mass is 10.1. The molecule has 0 unspecified atom stereocenters. The number of aryl methyl sites for hydroxylation is 2. The molecule has 0 aliphatic rings. The molecule has 174 valence electrons. The molecule has 34 heavy (non-hydrogen) atoms. The van der Waals surface area contributed by atoms with Gasteiger partial charge in [-0.2, -0.15) is 5.10 Å². The third-order valence-corrected chi connectivity index (χ3v) is 5.68. The van der Waals surface area contributed by atoms with Crippen molar-refractivity contribution in [1.82, 2.24) is 14.6 Å². The topological polar surface area (TPSA) is 112 Å². The van der Waals surface area contributed by atoms with Crippen LogP contribution in [0.3, 0.4) is 0 Å². The maximum Gasteiger partial charge on any atom is 0.337 e. The average molecular weight is 460 g/mol. The smallest absolute Gasteiger partial charge is 0.337 e. The Morgan fingerprint density at radius 2 is 1.62 bits per heavy atom. The number of ether oxygens (including phenoxy) is 2. The Kier molecular flexibility index (Phi) is 6.27. The molecule has 4 aromatic rings. The predicted molar refractivity (Wildman–Crippen MR) is 126 cm³/mol. The largest absolute Gasteiger partial charge is 0.465 e. The second-order valence-electron chi connectivity index (χ2n) is 7.84. The number of methoxy groups -OCH3 is 2. The van der Waals surface area contributed by atoms with E-state index in [1.165, 1.54) is 32.4 Å². The molecule has 0 aliphatic carbocycles. The van der Waals surface area contributed by atoms with Crippen LogP contribution < -0.4 is 5.32 Å². The number of aromatic nitrogens is 3. The highest BCUT2D eigenvalue weighted by atomic mass is 16.5. The minimum atomic E-state index is -0.626. The second kappa shape index (κ2) is 9.30. The van der Waals surface area contributed by atoms with Gasteiger partial charge in [-0.05, 0) is 56.2 Å². The molecule has 0 spiro atoms. The van der Waals surface area contributed by atoms with Crippen molar-refractivity contribution in [2.75, 3.05) is 19.5 Å². The summed E-state index contributed by atoms with van der Waals surface area (Å²) in [6.07, 6.45) is 0.620. The van der Waals surface area contributed by atoms with E-state index in [2.05, 4.69) is 10.4 Å². The third kappa shape index (κ3) is 4.32. The molecule has 1 N–H and O–H groups in total. The zero-order valence-corrected chi connectivity index (χ0v) is 19.3. The number of nitrogens with one attached hydrogen (secondary N) is 1. The van der Waals surface area contributed by atoms with Crippen LogP contribution >= 0.6 is 0 Å². The van der Waals surface area contributed by atoms with Gasteiger partial charge in [0.05, 0.1) is 30.9 Å². The van der Waals surface area contributed by atoms with Crippen LogP contribution in [0.4, 0.5) is 5.69 Å². The number of fused-ring (bicyclic) bond motifs is 3. The molecular formula is C25H24N4O5. The quantitative estimate of drug-likeness (QED) is 0.437. The summed E-state index contributed by atoms with van der Waals surface area (Å²) in [5.41, 5.74) is 4.91. The van der Waals surface area contributed by atoms with E-state index in [0.29, 0.717) is 12.1 Å². The van der Waals surface area contributed by atoms with Crippen molar-refractivity contribution in [2.24, 2.45) is 0 Å². The molecule has 0 aliphatic heterocycles. The van der Waals surface area contributed by atoms with Crippen LogP contribution in [0, 0.1) is 13.8 Å². The van der Waals surface area contributed by atoms with Gasteiger partial charge in [0.25, 0.3) is 0 Å². The molecule has 0 fully saturated rings. The molecule has 0 radical (unpaired) electrons. The molecule has 2 aromatic carbocycles. The Morgan fingerprint density at radius 3 is 2.26 bits per heavy atom. The average Bonchev–Trinajstić information content (AvgIpc) is 3.21. The van der Waals surface area contributed by atoms with E-state index in [1.807, 2.05) is 42.6 Å². The van der Waals surface area contributed by atoms with Crippen LogP contribution in [0.5, 0.6) is 0 Å². The lowest BCUT2D eigenvalue weighted by Gasteiger charge is -2.12. The first-order valence-electron chi connectivity index (χ1n) is 10.7. The second-order valence-corrected chi connectivity index (χ2v) is 7.84. The lowest BCUT2D eigenvalue weighted by molar-refractivity contribution is -0.116. The first kappa shape index (κ1) is 22.9. The zero-order valence-electron chi connectivity index (χ0n) is 19.3. The first-order valence-corrected chi connectivity index (χ1v) is 10.7. The highest BCUT2D eigenvalue weighted by molar-refractivity contribution is 5.99. The van der Waals surface area contributed by atoms with Gasteiger partial charge in [-0.3, -0.25) is 4.79 Å². The van der Waals surface area contributed by atoms with E-state index >= 15 is 0 Å². The molecule has 2 heterocycles. The Labute approximate surface area is 195 Å². The van der Waals surface area contributed by atoms with E-state index in [-0.39, 0.29) is 23.5 Å². The van der Waals surface area contributed by atoms with Gasteiger partial charge in [0.15, 0.2) is 5.65 Å². The number of hydrogen-bond acceptors (Lipinski definition) is 7. The number of anilines is 1. The highest BCUT2D eigenvalue weighted by Crippen LogP contribution is 2.23. The van der Waals surface area contributed by atoms with Crippen molar-refractivity contribution in [3.63, 3.8) is 0 Å². The number of benzene rings is 2. The molecule has 0 saturated carbocycles. The van der Waals surface area contributed by atoms with Crippen molar-refractivity contribution in [3.8, 4) is 0 Å². The fourth-order valence-corrected chi connectivity index (χ4v) is 3.97. The Hall–Kier alpha value is -4.27. The number of hydrogen-bond donors (Lipinski definition) is 1. The summed E-state index contributed by atoms with van der Waals surface area (Å²) in [4.78, 5) is 41.4. The minimum Gasteiger partial charge on any atom is -0.465 e. The molecule has 4 rings (SSSR count). The zero-order chi connectivity index (χ0) is 24.4. The monoisotopic (exact) mass is 460 g/mol. The number of carbonyl (C=O) groups is 3. The van der Waals surface area contributed by atoms with Gasteiger partial charge in [0.2, 0.25) is 5.91 Å². The number of rotatable bonds is 6. The van der Waals surface area contributed by atoms with Crippen LogP contribution in [-0.2, 0) is 20.7 Å². The Balaban J connectivity index is 1.56. The fraction of sp³-hybridized carbons (Fsp3) is 0.240. The van der Waals surface area contributed by atoms with E-state index in [0.717, 1.165) is 33.5 Å². The fourth-order valence-electron chi connectivity index (χ4n) is 3.97. The summed E-state index contributed by atoms with van der Waals surface area (Å²) < 4.78 is 11.3. The van der Waals surface area contributed by atoms with E-state index in [4.69, 9.17) is 14.5 Å². The van der Waals surface area contributed by atoms with Crippen LogP contribution in [0.1, 0.15) is 44.1 Å². The number of carbonyl (C=O) groups excluding carboxylic acids is 3. The summed E-state index contributed by atoms with van der Waals surface area (Å²) in [7, 11) is 2.48. The molecule has 0 atom stereocenters. The molecule has 9 nitrogen and oxygen atoms in total. The van der Waals surface area contributed by atoms with Crippen LogP contribution in [-0.4, -0.2) is 46.7 Å². The van der Waals surface area contributed by atoms with Crippen LogP contribution in [0.25, 0.3) is 16.6 Å². The van der Waals surface area contributed by atoms with Crippen molar-refractivity contribution < 1.29 is 23.9 Å². The SMILES string of the molecule is COC(=O)c1cc(NC(=O)CCc2c(C)nc3c4ccccc4nn3c2C)cc(C(=O)OC)c1. The van der Waals surface area contributed by atoms with Crippen LogP contribution in [0.15, 0.2) is 42.5 Å². The van der Waals surface area contributed by atoms with E-state index in [9.17, 15) is 14.4 Å². The number of amides is 1. The van der Waals surface area contributed by atoms with Crippen molar-refractivity contribution in [1.29, 1.82) is 0 Å². The normalized spacial score (nSPS) is 10.9. The molecule has 1 amide bonds. The number of esters is 2. The highest BCUT2D eigenvalue weighted by Gasteiger charge is 2.17. The van der Waals surface area contributed by atoms with Crippen molar-refractivity contribution in [3.05, 3.63) is 70.5 Å². The van der Waals surface area contributed by atoms with Gasteiger partial charge in [0.1, 0.15) is 0 Å². The maximum atomic E-state index is 12.7. The predicted octanol–water partition coefficient (Wildman–Crippen LogP) is 3.64. The van der Waals surface area contributed by atoms with E-state index < -0.39 is 11.9 Å². The summed E-state index contributed by atoms with van der Waals surface area (Å²) in [5, 5.41) is 8.37. The molecule has 0 saturated heterocycles. The Bertz CT molecular complexity index is 1410. The van der Waals surface area contributed by atoms with Gasteiger partial charge in [0, 0.05) is 28.9 Å². The van der Waals surface area contributed by atoms with Crippen molar-refractivity contribution in [2.45, 2.75) is 26.7 Å². The number of nitrogens with zero attached hydrogens (tertiary/aromatic N) is 3. The maximum absolute atomic E-state index is 12.7. The third-order valence-electron chi connectivity index (χ3n) is 5.68. The van der Waals surface area contributed by atoms with Gasteiger partial charge in [-0.1, -0.05) is 12.1 Å². The van der Waals surface area contributed by atoms with E-state index in [1.54, 1.807) is 0 Å². The molecule has 2 aromatic heterocycles. The summed E-state index contributed by atoms with van der Waals surface area (Å²) >= 11 is 0. The summed E-state index contributed by atoms with van der Waals surface area (Å²) in [5.74, 6) is -1.53. The molecule has 0 bridgehead atoms. The van der Waals surface area contributed by atoms with Gasteiger partial charge >= 0.3 is 11.9 Å². The van der Waals surface area contributed by atoms with Crippen LogP contribution in [0.2, 0.25) is 0 Å². The summed E-state index contributed by atoms with van der Waals surface area (Å²) in [6, 6.07) is 12.1. The summed E-state index contributed by atoms with van der Waals surface area (Å²) in [6.45, 7) is 3.88. The van der Waals surface area contributed by atoms with Gasteiger partial charge < -0.3 is 14.8 Å². The lowest BCUT2D eigenvalue weighted by Crippen LogP contribution is -2.16. The standard InChI is InChI=1S/C25H24N4O5/c1-14-19(15(2)29-23(26-14)20-7-5-6-8-21(20)28-29)9-10-22(30)27-18-12-16(24(31)33-3)11-17(13-18)25(32)34-4/h5-8,11-13H,9-10H2,1-4H3,(H,27,30). The molecule has 9 heteroatoms. The minimum absolute atomic E-state index is 0.132. The first-order chi connectivity index (χ1) is 16.3. The molecular weight excluding hydrogens is 436 g/mol. The van der Waals surface area contributed by atoms with Crippen molar-refractivity contribution >= 4 is 40.1 Å². The Morgan fingerprint density at radius 1 is 0.971 bits per heavy atom. The van der Waals surface area contributed by atoms with Gasteiger partial charge in [-0.15, -0.1) is 0 Å².